The summed E-state index contributed by atoms with van der Waals surface area (Å²) in [5.41, 5.74) is 2.32. The number of furan rings is 1. The Labute approximate surface area is 264 Å². The number of nitrogens with zero attached hydrogens (tertiary/aromatic N) is 3. The molecule has 0 saturated carbocycles. The topological polar surface area (TPSA) is 97.3 Å². The minimum absolute atomic E-state index is 0.197. The molecule has 0 atom stereocenters. The molecule has 0 radical (unpaired) electrons. The molecule has 0 aliphatic carbocycles. The highest BCUT2D eigenvalue weighted by Gasteiger charge is 2.18. The van der Waals surface area contributed by atoms with Crippen molar-refractivity contribution in [2.24, 2.45) is 5.10 Å². The number of ether oxygens (including phenoxy) is 4. The molecule has 0 saturated heterocycles. The van der Waals surface area contributed by atoms with Gasteiger partial charge in [-0.25, -0.2) is 4.98 Å². The summed E-state index contributed by atoms with van der Waals surface area (Å²) in [5, 5.41) is 6.16. The summed E-state index contributed by atoms with van der Waals surface area (Å²) in [6.07, 6.45) is 1.52. The van der Waals surface area contributed by atoms with Crippen molar-refractivity contribution in [1.82, 2.24) is 9.66 Å². The van der Waals surface area contributed by atoms with Crippen LogP contribution in [0.5, 0.6) is 23.0 Å². The number of aromatic nitrogens is 2. The van der Waals surface area contributed by atoms with Gasteiger partial charge in [0, 0.05) is 9.86 Å². The lowest BCUT2D eigenvalue weighted by Crippen LogP contribution is -2.20. The Morgan fingerprint density at radius 3 is 2.77 bits per heavy atom. The van der Waals surface area contributed by atoms with Crippen molar-refractivity contribution in [3.8, 4) is 34.6 Å². The maximum atomic E-state index is 13.7. The molecule has 220 valence electrons. The number of rotatable bonds is 8. The SMILES string of the molecule is CCOc1cc(C=Nn2c(-c3cc4cc(Br)ccc4o3)nc3ccccc3c2=O)cc(Cl)c1OCc1ccc2c(c1)OCO2. The summed E-state index contributed by atoms with van der Waals surface area (Å²) in [7, 11) is 0. The normalized spacial score (nSPS) is 12.4. The quantitative estimate of drug-likeness (QED) is 0.152. The summed E-state index contributed by atoms with van der Waals surface area (Å²) in [5.74, 6) is 2.86. The standard InChI is InChI=1S/C33H23BrClN3O6/c1-2-40-29-13-20(11-24(35)31(29)41-17-19-7-9-27-28(12-19)43-18-42-27)16-36-38-32(37-25-6-4-3-5-23(25)33(38)39)30-15-21-14-22(34)8-10-26(21)44-30/h3-16H,2,17-18H2,1H3. The average molecular weight is 673 g/mol. The molecular weight excluding hydrogens is 650 g/mol. The third-order valence-corrected chi connectivity index (χ3v) is 7.70. The maximum Gasteiger partial charge on any atom is 0.282 e. The Balaban J connectivity index is 1.25. The minimum atomic E-state index is -0.344. The molecule has 11 heteroatoms. The highest BCUT2D eigenvalue weighted by molar-refractivity contribution is 9.10. The van der Waals surface area contributed by atoms with Gasteiger partial charge in [-0.1, -0.05) is 45.7 Å². The van der Waals surface area contributed by atoms with Gasteiger partial charge in [0.2, 0.25) is 12.6 Å². The third kappa shape index (κ3) is 5.38. The summed E-state index contributed by atoms with van der Waals surface area (Å²) in [6.45, 7) is 2.69. The molecule has 4 aromatic carbocycles. The van der Waals surface area contributed by atoms with Crippen LogP contribution in [0.1, 0.15) is 18.1 Å². The van der Waals surface area contributed by atoms with E-state index in [0.717, 1.165) is 15.4 Å². The van der Waals surface area contributed by atoms with Crippen LogP contribution in [0.2, 0.25) is 5.02 Å². The molecule has 0 amide bonds. The molecule has 1 aliphatic heterocycles. The summed E-state index contributed by atoms with van der Waals surface area (Å²) < 4.78 is 31.0. The van der Waals surface area contributed by atoms with Crippen molar-refractivity contribution < 1.29 is 23.4 Å². The predicted octanol–water partition coefficient (Wildman–Crippen LogP) is 7.81. The van der Waals surface area contributed by atoms with Crippen molar-refractivity contribution in [3.05, 3.63) is 110 Å². The van der Waals surface area contributed by atoms with E-state index in [1.165, 1.54) is 10.9 Å². The lowest BCUT2D eigenvalue weighted by molar-refractivity contribution is 0.174. The van der Waals surface area contributed by atoms with Gasteiger partial charge in [0.25, 0.3) is 5.56 Å². The van der Waals surface area contributed by atoms with E-state index in [2.05, 4.69) is 21.0 Å². The number of hydrogen-bond donors (Lipinski definition) is 0. The second-order valence-corrected chi connectivity index (χ2v) is 11.2. The van der Waals surface area contributed by atoms with Gasteiger partial charge >= 0.3 is 0 Å². The highest BCUT2D eigenvalue weighted by Crippen LogP contribution is 2.38. The zero-order chi connectivity index (χ0) is 30.2. The number of halogens is 2. The molecule has 44 heavy (non-hydrogen) atoms. The molecular formula is C33H23BrClN3O6. The fourth-order valence-corrected chi connectivity index (χ4v) is 5.54. The molecule has 3 heterocycles. The van der Waals surface area contributed by atoms with Gasteiger partial charge in [-0.3, -0.25) is 4.79 Å². The fourth-order valence-electron chi connectivity index (χ4n) is 4.89. The predicted molar refractivity (Wildman–Crippen MR) is 171 cm³/mol. The van der Waals surface area contributed by atoms with Gasteiger partial charge in [0.1, 0.15) is 12.2 Å². The first-order valence-electron chi connectivity index (χ1n) is 13.7. The lowest BCUT2D eigenvalue weighted by Gasteiger charge is -2.15. The molecule has 0 fully saturated rings. The molecule has 0 N–H and O–H groups in total. The Bertz CT molecular complexity index is 2140. The van der Waals surface area contributed by atoms with E-state index >= 15 is 0 Å². The summed E-state index contributed by atoms with van der Waals surface area (Å²) in [6, 6.07) is 23.7. The first-order chi connectivity index (χ1) is 21.5. The van der Waals surface area contributed by atoms with Crippen LogP contribution in [0.25, 0.3) is 33.5 Å². The van der Waals surface area contributed by atoms with Crippen molar-refractivity contribution in [3.63, 3.8) is 0 Å². The first kappa shape index (κ1) is 28.0. The van der Waals surface area contributed by atoms with Crippen LogP contribution in [-0.2, 0) is 6.61 Å². The van der Waals surface area contributed by atoms with Gasteiger partial charge in [-0.2, -0.15) is 9.78 Å². The molecule has 0 unspecified atom stereocenters. The van der Waals surface area contributed by atoms with E-state index in [-0.39, 0.29) is 24.8 Å². The van der Waals surface area contributed by atoms with Gasteiger partial charge in [-0.05, 0) is 78.7 Å². The van der Waals surface area contributed by atoms with Crippen LogP contribution in [0, 0.1) is 0 Å². The van der Waals surface area contributed by atoms with Gasteiger partial charge in [0.05, 0.1) is 28.7 Å². The monoisotopic (exact) mass is 671 g/mol. The second-order valence-electron chi connectivity index (χ2n) is 9.85. The molecule has 6 aromatic rings. The van der Waals surface area contributed by atoms with Crippen molar-refractivity contribution in [2.75, 3.05) is 13.4 Å². The van der Waals surface area contributed by atoms with E-state index in [4.69, 9.17) is 39.9 Å². The Kier molecular flexibility index (Phi) is 7.45. The smallest absolute Gasteiger partial charge is 0.282 e. The van der Waals surface area contributed by atoms with Crippen LogP contribution in [-0.4, -0.2) is 29.3 Å². The fraction of sp³-hybridized carbons (Fsp3) is 0.121. The molecule has 9 nitrogen and oxygen atoms in total. The van der Waals surface area contributed by atoms with E-state index in [1.807, 2.05) is 55.5 Å². The van der Waals surface area contributed by atoms with Gasteiger partial charge in [0.15, 0.2) is 28.8 Å². The Morgan fingerprint density at radius 1 is 1.02 bits per heavy atom. The van der Waals surface area contributed by atoms with E-state index < -0.39 is 0 Å². The van der Waals surface area contributed by atoms with Crippen molar-refractivity contribution in [1.29, 1.82) is 0 Å². The van der Waals surface area contributed by atoms with Crippen molar-refractivity contribution >= 4 is 55.6 Å². The molecule has 1 aliphatic rings. The largest absolute Gasteiger partial charge is 0.490 e. The van der Waals surface area contributed by atoms with Crippen molar-refractivity contribution in [2.45, 2.75) is 13.5 Å². The highest BCUT2D eigenvalue weighted by atomic mass is 79.9. The minimum Gasteiger partial charge on any atom is -0.490 e. The van der Waals surface area contributed by atoms with Crippen LogP contribution >= 0.6 is 27.5 Å². The number of fused-ring (bicyclic) bond motifs is 3. The Hall–Kier alpha value is -4.80. The summed E-state index contributed by atoms with van der Waals surface area (Å²) in [4.78, 5) is 18.4. The molecule has 2 aromatic heterocycles. The number of para-hydroxylation sites is 1. The van der Waals surface area contributed by atoms with Gasteiger partial charge < -0.3 is 23.4 Å². The average Bonchev–Trinajstić information content (AvgIpc) is 3.67. The van der Waals surface area contributed by atoms with E-state index in [9.17, 15) is 4.79 Å². The van der Waals surface area contributed by atoms with E-state index in [0.29, 0.717) is 62.4 Å². The van der Waals surface area contributed by atoms with Crippen LogP contribution in [0.3, 0.4) is 0 Å². The van der Waals surface area contributed by atoms with Crippen LogP contribution < -0.4 is 24.5 Å². The number of benzene rings is 4. The first-order valence-corrected chi connectivity index (χ1v) is 14.9. The zero-order valence-corrected chi connectivity index (χ0v) is 25.6. The maximum absolute atomic E-state index is 13.7. The molecule has 0 spiro atoms. The number of hydrogen-bond acceptors (Lipinski definition) is 8. The lowest BCUT2D eigenvalue weighted by atomic mass is 10.2. The summed E-state index contributed by atoms with van der Waals surface area (Å²) >= 11 is 10.2. The van der Waals surface area contributed by atoms with E-state index in [1.54, 1.807) is 30.3 Å². The molecule has 7 rings (SSSR count). The third-order valence-electron chi connectivity index (χ3n) is 6.93. The van der Waals surface area contributed by atoms with Gasteiger partial charge in [-0.15, -0.1) is 0 Å². The second kappa shape index (κ2) is 11.7. The Morgan fingerprint density at radius 2 is 1.89 bits per heavy atom. The zero-order valence-electron chi connectivity index (χ0n) is 23.3. The van der Waals surface area contributed by atoms with Crippen LogP contribution in [0.15, 0.2) is 97.6 Å². The van der Waals surface area contributed by atoms with Crippen LogP contribution in [0.4, 0.5) is 0 Å². The molecule has 0 bridgehead atoms.